The number of halogens is 1. The van der Waals surface area contributed by atoms with Gasteiger partial charge in [0.05, 0.1) is 23.1 Å². The summed E-state index contributed by atoms with van der Waals surface area (Å²) in [7, 11) is 1.62. The molecule has 0 bridgehead atoms. The zero-order valence-corrected chi connectivity index (χ0v) is 13.1. The molecule has 5 nitrogen and oxygen atoms in total. The predicted molar refractivity (Wildman–Crippen MR) is 79.0 cm³/mol. The molecular formula is C14H15ClN2O3S. The van der Waals surface area contributed by atoms with E-state index in [1.165, 1.54) is 25.0 Å². The summed E-state index contributed by atoms with van der Waals surface area (Å²) in [6, 6.07) is 5.14. The van der Waals surface area contributed by atoms with Crippen molar-refractivity contribution in [3.63, 3.8) is 0 Å². The summed E-state index contributed by atoms with van der Waals surface area (Å²) in [6.45, 7) is 2.20. The van der Waals surface area contributed by atoms with Crippen LogP contribution < -0.4 is 4.74 Å². The summed E-state index contributed by atoms with van der Waals surface area (Å²) in [4.78, 5) is 4.23. The Morgan fingerprint density at radius 1 is 1.43 bits per heavy atom. The summed E-state index contributed by atoms with van der Waals surface area (Å²) in [5.41, 5.74) is 1.75. The maximum absolute atomic E-state index is 11.3. The number of aromatic nitrogens is 2. The third-order valence-corrected chi connectivity index (χ3v) is 4.84. The zero-order chi connectivity index (χ0) is 15.0. The minimum atomic E-state index is -3.71. The van der Waals surface area contributed by atoms with E-state index in [4.69, 9.17) is 15.4 Å². The second-order valence-corrected chi connectivity index (χ2v) is 7.74. The molecule has 112 valence electrons. The number of benzene rings is 1. The number of hydrogen-bond acceptors (Lipinski definition) is 4. The van der Waals surface area contributed by atoms with Crippen molar-refractivity contribution in [1.82, 2.24) is 9.55 Å². The molecule has 1 fully saturated rings. The number of imidazole rings is 1. The maximum Gasteiger partial charge on any atom is 0.261 e. The lowest BCUT2D eigenvalue weighted by atomic mass is 10.2. The summed E-state index contributed by atoms with van der Waals surface area (Å²) >= 11 is 0. The fraction of sp³-hybridized carbons (Fsp3) is 0.357. The molecule has 0 aliphatic heterocycles. The topological polar surface area (TPSA) is 61.2 Å². The second-order valence-electron chi connectivity index (χ2n) is 5.18. The Morgan fingerprint density at radius 2 is 2.19 bits per heavy atom. The van der Waals surface area contributed by atoms with Crippen molar-refractivity contribution in [3.05, 3.63) is 42.0 Å². The van der Waals surface area contributed by atoms with Crippen molar-refractivity contribution in [3.8, 4) is 5.75 Å². The molecule has 7 heteroatoms. The first kappa shape index (κ1) is 14.4. The highest BCUT2D eigenvalue weighted by Crippen LogP contribution is 2.36. The van der Waals surface area contributed by atoms with Gasteiger partial charge in [0.25, 0.3) is 9.05 Å². The summed E-state index contributed by atoms with van der Waals surface area (Å²) in [6.07, 6.45) is 5.99. The van der Waals surface area contributed by atoms with Gasteiger partial charge in [-0.25, -0.2) is 13.4 Å². The average molecular weight is 327 g/mol. The molecule has 1 heterocycles. The number of rotatable bonds is 5. The minimum Gasteiger partial charge on any atom is -0.487 e. The van der Waals surface area contributed by atoms with Crippen molar-refractivity contribution < 1.29 is 13.2 Å². The Morgan fingerprint density at radius 3 is 2.81 bits per heavy atom. The van der Waals surface area contributed by atoms with Crippen LogP contribution >= 0.6 is 10.7 Å². The third kappa shape index (κ3) is 3.22. The van der Waals surface area contributed by atoms with E-state index in [2.05, 4.69) is 9.55 Å². The molecule has 1 aromatic heterocycles. The van der Waals surface area contributed by atoms with Gasteiger partial charge >= 0.3 is 0 Å². The molecule has 1 aromatic carbocycles. The largest absolute Gasteiger partial charge is 0.487 e. The van der Waals surface area contributed by atoms with E-state index in [0.717, 1.165) is 11.3 Å². The van der Waals surface area contributed by atoms with Crippen LogP contribution in [-0.2, 0) is 15.7 Å². The van der Waals surface area contributed by atoms with Gasteiger partial charge in [-0.2, -0.15) is 0 Å². The van der Waals surface area contributed by atoms with Gasteiger partial charge in [0.15, 0.2) is 0 Å². The molecule has 3 rings (SSSR count). The molecule has 0 saturated heterocycles. The van der Waals surface area contributed by atoms with E-state index in [1.54, 1.807) is 19.2 Å². The van der Waals surface area contributed by atoms with Gasteiger partial charge < -0.3 is 9.30 Å². The Balaban J connectivity index is 1.74. The van der Waals surface area contributed by atoms with Crippen molar-refractivity contribution in [2.45, 2.75) is 37.3 Å². The van der Waals surface area contributed by atoms with Crippen LogP contribution in [0.25, 0.3) is 0 Å². The van der Waals surface area contributed by atoms with Gasteiger partial charge in [0.2, 0.25) is 0 Å². The highest BCUT2D eigenvalue weighted by molar-refractivity contribution is 8.13. The quantitative estimate of drug-likeness (QED) is 0.792. The standard InChI is InChI=1S/C14H15ClN2O3S/c1-10-6-13(21(15,18)19)4-5-14(10)20-8-12-7-16-9-17(12)11-2-3-11/h4-7,9,11H,2-3,8H2,1H3. The first-order valence-electron chi connectivity index (χ1n) is 6.64. The van der Waals surface area contributed by atoms with E-state index in [-0.39, 0.29) is 4.90 Å². The zero-order valence-electron chi connectivity index (χ0n) is 11.5. The molecule has 21 heavy (non-hydrogen) atoms. The van der Waals surface area contributed by atoms with Crippen molar-refractivity contribution in [2.24, 2.45) is 0 Å². The van der Waals surface area contributed by atoms with Gasteiger partial charge in [0, 0.05) is 16.7 Å². The van der Waals surface area contributed by atoms with Crippen molar-refractivity contribution >= 4 is 19.7 Å². The van der Waals surface area contributed by atoms with Gasteiger partial charge in [-0.3, -0.25) is 0 Å². The smallest absolute Gasteiger partial charge is 0.261 e. The van der Waals surface area contributed by atoms with E-state index < -0.39 is 9.05 Å². The molecule has 0 amide bonds. The summed E-state index contributed by atoms with van der Waals surface area (Å²) in [5.74, 6) is 0.641. The number of nitrogens with zero attached hydrogens (tertiary/aromatic N) is 2. The van der Waals surface area contributed by atoms with Gasteiger partial charge in [0.1, 0.15) is 12.4 Å². The average Bonchev–Trinajstić information content (AvgIpc) is 3.15. The molecule has 1 aliphatic rings. The molecule has 0 radical (unpaired) electrons. The third-order valence-electron chi connectivity index (χ3n) is 3.49. The molecule has 0 atom stereocenters. The van der Waals surface area contributed by atoms with Crippen molar-refractivity contribution in [1.29, 1.82) is 0 Å². The molecule has 0 spiro atoms. The summed E-state index contributed by atoms with van der Waals surface area (Å²) < 4.78 is 30.5. The van der Waals surface area contributed by atoms with Crippen LogP contribution in [0.2, 0.25) is 0 Å². The minimum absolute atomic E-state index is 0.0806. The van der Waals surface area contributed by atoms with Crippen LogP contribution in [0.3, 0.4) is 0 Å². The fourth-order valence-corrected chi connectivity index (χ4v) is 3.05. The monoisotopic (exact) mass is 326 g/mol. The summed E-state index contributed by atoms with van der Waals surface area (Å²) in [5, 5.41) is 0. The molecule has 1 saturated carbocycles. The SMILES string of the molecule is Cc1cc(S(=O)(=O)Cl)ccc1OCc1cncn1C1CC1. The molecule has 2 aromatic rings. The van der Waals surface area contributed by atoms with Gasteiger partial charge in [-0.15, -0.1) is 0 Å². The van der Waals surface area contributed by atoms with Crippen LogP contribution in [0, 0.1) is 6.92 Å². The van der Waals surface area contributed by atoms with Crippen LogP contribution in [0.4, 0.5) is 0 Å². The molecular weight excluding hydrogens is 312 g/mol. The Hall–Kier alpha value is -1.53. The second kappa shape index (κ2) is 5.35. The predicted octanol–water partition coefficient (Wildman–Crippen LogP) is 3.03. The molecule has 0 unspecified atom stereocenters. The first-order chi connectivity index (χ1) is 9.95. The van der Waals surface area contributed by atoms with Gasteiger partial charge in [-0.05, 0) is 43.5 Å². The molecule has 1 aliphatic carbocycles. The maximum atomic E-state index is 11.3. The lowest BCUT2D eigenvalue weighted by Crippen LogP contribution is -2.04. The fourth-order valence-electron chi connectivity index (χ4n) is 2.21. The lowest BCUT2D eigenvalue weighted by Gasteiger charge is -2.11. The Bertz CT molecular complexity index is 766. The van der Waals surface area contributed by atoms with E-state index in [0.29, 0.717) is 18.4 Å². The van der Waals surface area contributed by atoms with Crippen LogP contribution in [0.15, 0.2) is 35.6 Å². The van der Waals surface area contributed by atoms with Gasteiger partial charge in [-0.1, -0.05) is 0 Å². The Labute approximate surface area is 127 Å². The lowest BCUT2D eigenvalue weighted by molar-refractivity contribution is 0.292. The number of hydrogen-bond donors (Lipinski definition) is 0. The Kier molecular flexibility index (Phi) is 3.67. The normalized spacial score (nSPS) is 15.1. The van der Waals surface area contributed by atoms with Crippen LogP contribution in [0.1, 0.15) is 30.1 Å². The molecule has 0 N–H and O–H groups in total. The van der Waals surface area contributed by atoms with Crippen molar-refractivity contribution in [2.75, 3.05) is 0 Å². The van der Waals surface area contributed by atoms with Crippen LogP contribution in [-0.4, -0.2) is 18.0 Å². The van der Waals surface area contributed by atoms with Crippen LogP contribution in [0.5, 0.6) is 5.75 Å². The van der Waals surface area contributed by atoms with E-state index in [1.807, 2.05) is 6.33 Å². The number of ether oxygens (including phenoxy) is 1. The number of aryl methyl sites for hydroxylation is 1. The highest BCUT2D eigenvalue weighted by Gasteiger charge is 2.25. The van der Waals surface area contributed by atoms with E-state index >= 15 is 0 Å². The highest BCUT2D eigenvalue weighted by atomic mass is 35.7. The first-order valence-corrected chi connectivity index (χ1v) is 8.95. The van der Waals surface area contributed by atoms with E-state index in [9.17, 15) is 8.42 Å².